The van der Waals surface area contributed by atoms with E-state index in [-0.39, 0.29) is 17.2 Å². The SMILES string of the molecule is Cc1ccc(C)c(Nc2ncc(C(=O)Nc3ccccc3C(F)(F)F)cn2)c1. The number of carbonyl (C=O) groups is 1. The van der Waals surface area contributed by atoms with E-state index in [0.29, 0.717) is 0 Å². The Bertz CT molecular complexity index is 1000. The molecule has 0 saturated heterocycles. The number of nitrogens with one attached hydrogen (secondary N) is 2. The van der Waals surface area contributed by atoms with E-state index in [4.69, 9.17) is 0 Å². The first-order valence-corrected chi connectivity index (χ1v) is 8.38. The molecule has 0 aliphatic carbocycles. The van der Waals surface area contributed by atoms with Gasteiger partial charge in [-0.05, 0) is 43.2 Å². The lowest BCUT2D eigenvalue weighted by molar-refractivity contribution is -0.136. The van der Waals surface area contributed by atoms with Gasteiger partial charge in [0.2, 0.25) is 5.95 Å². The molecule has 0 radical (unpaired) electrons. The number of anilines is 3. The number of hydrogen-bond acceptors (Lipinski definition) is 4. The third-order valence-corrected chi connectivity index (χ3v) is 4.03. The van der Waals surface area contributed by atoms with Crippen LogP contribution >= 0.6 is 0 Å². The van der Waals surface area contributed by atoms with Crippen molar-refractivity contribution >= 4 is 23.2 Å². The van der Waals surface area contributed by atoms with Crippen LogP contribution in [0.5, 0.6) is 0 Å². The van der Waals surface area contributed by atoms with Gasteiger partial charge in [-0.25, -0.2) is 9.97 Å². The van der Waals surface area contributed by atoms with Gasteiger partial charge in [-0.3, -0.25) is 4.79 Å². The Balaban J connectivity index is 1.75. The highest BCUT2D eigenvalue weighted by atomic mass is 19.4. The highest BCUT2D eigenvalue weighted by Crippen LogP contribution is 2.34. The molecule has 8 heteroatoms. The zero-order valence-corrected chi connectivity index (χ0v) is 15.1. The third-order valence-electron chi connectivity index (χ3n) is 4.03. The summed E-state index contributed by atoms with van der Waals surface area (Å²) in [6.07, 6.45) is -2.06. The molecule has 0 spiro atoms. The fraction of sp³-hybridized carbons (Fsp3) is 0.150. The van der Waals surface area contributed by atoms with Crippen molar-refractivity contribution in [2.24, 2.45) is 0 Å². The molecule has 0 atom stereocenters. The zero-order chi connectivity index (χ0) is 20.3. The summed E-state index contributed by atoms with van der Waals surface area (Å²) >= 11 is 0. The largest absolute Gasteiger partial charge is 0.418 e. The minimum absolute atomic E-state index is 0.0449. The van der Waals surface area contributed by atoms with Gasteiger partial charge in [-0.15, -0.1) is 0 Å². The van der Waals surface area contributed by atoms with Crippen LogP contribution in [0.3, 0.4) is 0 Å². The molecule has 3 aromatic rings. The molecule has 2 aromatic carbocycles. The number of amides is 1. The molecular formula is C20H17F3N4O. The maximum Gasteiger partial charge on any atom is 0.418 e. The van der Waals surface area contributed by atoms with Crippen molar-refractivity contribution in [2.75, 3.05) is 10.6 Å². The number of benzene rings is 2. The number of hydrogen-bond donors (Lipinski definition) is 2. The van der Waals surface area contributed by atoms with E-state index < -0.39 is 17.6 Å². The summed E-state index contributed by atoms with van der Waals surface area (Å²) in [5.41, 5.74) is 1.70. The number of aromatic nitrogens is 2. The summed E-state index contributed by atoms with van der Waals surface area (Å²) in [4.78, 5) is 20.4. The molecule has 1 heterocycles. The molecule has 0 bridgehead atoms. The van der Waals surface area contributed by atoms with Crippen molar-refractivity contribution in [1.29, 1.82) is 0 Å². The van der Waals surface area contributed by atoms with Crippen LogP contribution in [0.15, 0.2) is 54.9 Å². The molecule has 0 unspecified atom stereocenters. The summed E-state index contributed by atoms with van der Waals surface area (Å²) in [5, 5.41) is 5.31. The first-order valence-electron chi connectivity index (χ1n) is 8.38. The van der Waals surface area contributed by atoms with Crippen LogP contribution in [0.1, 0.15) is 27.0 Å². The number of carbonyl (C=O) groups excluding carboxylic acids is 1. The van der Waals surface area contributed by atoms with Gasteiger partial charge in [0.1, 0.15) is 0 Å². The quantitative estimate of drug-likeness (QED) is 0.654. The number of para-hydroxylation sites is 1. The number of halogens is 3. The Morgan fingerprint density at radius 1 is 0.964 bits per heavy atom. The van der Waals surface area contributed by atoms with Gasteiger partial charge in [0.25, 0.3) is 5.91 Å². The first-order chi connectivity index (χ1) is 13.2. The van der Waals surface area contributed by atoms with Gasteiger partial charge >= 0.3 is 6.18 Å². The predicted molar refractivity (Wildman–Crippen MR) is 101 cm³/mol. The van der Waals surface area contributed by atoms with Gasteiger partial charge in [0.05, 0.1) is 16.8 Å². The third kappa shape index (κ3) is 4.46. The zero-order valence-electron chi connectivity index (χ0n) is 15.1. The van der Waals surface area contributed by atoms with Gasteiger partial charge in [0, 0.05) is 18.1 Å². The molecule has 2 N–H and O–H groups in total. The van der Waals surface area contributed by atoms with Gasteiger partial charge in [-0.1, -0.05) is 24.3 Å². The second-order valence-corrected chi connectivity index (χ2v) is 6.24. The number of alkyl halides is 3. The Labute approximate surface area is 159 Å². The molecule has 1 aromatic heterocycles. The average Bonchev–Trinajstić information content (AvgIpc) is 2.65. The standard InChI is InChI=1S/C20H17F3N4O/c1-12-7-8-13(2)17(9-12)27-19-24-10-14(11-25-19)18(28)26-16-6-4-3-5-15(16)20(21,22)23/h3-11H,1-2H3,(H,26,28)(H,24,25,27). The molecule has 5 nitrogen and oxygen atoms in total. The maximum absolute atomic E-state index is 13.0. The van der Waals surface area contributed by atoms with Crippen molar-refractivity contribution in [2.45, 2.75) is 20.0 Å². The van der Waals surface area contributed by atoms with Crippen LogP contribution in [0.4, 0.5) is 30.5 Å². The molecule has 0 aliphatic heterocycles. The van der Waals surface area contributed by atoms with Crippen LogP contribution in [0.2, 0.25) is 0 Å². The molecule has 28 heavy (non-hydrogen) atoms. The lowest BCUT2D eigenvalue weighted by atomic mass is 10.1. The highest BCUT2D eigenvalue weighted by Gasteiger charge is 2.33. The first kappa shape index (κ1) is 19.3. The normalized spacial score (nSPS) is 11.2. The fourth-order valence-corrected chi connectivity index (χ4v) is 2.53. The number of aryl methyl sites for hydroxylation is 2. The summed E-state index contributed by atoms with van der Waals surface area (Å²) in [7, 11) is 0. The molecule has 3 rings (SSSR count). The van der Waals surface area contributed by atoms with Crippen molar-refractivity contribution in [3.8, 4) is 0 Å². The van der Waals surface area contributed by atoms with E-state index in [2.05, 4.69) is 20.6 Å². The lowest BCUT2D eigenvalue weighted by Gasteiger charge is -2.13. The van der Waals surface area contributed by atoms with Crippen LogP contribution in [0, 0.1) is 13.8 Å². The molecule has 0 saturated carbocycles. The maximum atomic E-state index is 13.0. The number of nitrogens with zero attached hydrogens (tertiary/aromatic N) is 2. The van der Waals surface area contributed by atoms with E-state index in [0.717, 1.165) is 22.9 Å². The van der Waals surface area contributed by atoms with Crippen LogP contribution in [-0.4, -0.2) is 15.9 Å². The Hall–Kier alpha value is -3.42. The van der Waals surface area contributed by atoms with E-state index in [1.165, 1.54) is 30.6 Å². The molecule has 1 amide bonds. The molecule has 0 fully saturated rings. The van der Waals surface area contributed by atoms with Crippen molar-refractivity contribution in [3.05, 3.63) is 77.1 Å². The van der Waals surface area contributed by atoms with Crippen molar-refractivity contribution in [3.63, 3.8) is 0 Å². The van der Waals surface area contributed by atoms with E-state index in [1.807, 2.05) is 32.0 Å². The van der Waals surface area contributed by atoms with Crippen molar-refractivity contribution in [1.82, 2.24) is 9.97 Å². The van der Waals surface area contributed by atoms with E-state index in [1.54, 1.807) is 0 Å². The molecule has 0 aliphatic rings. The second kappa shape index (κ2) is 7.67. The second-order valence-electron chi connectivity index (χ2n) is 6.24. The Morgan fingerprint density at radius 2 is 1.64 bits per heavy atom. The van der Waals surface area contributed by atoms with E-state index in [9.17, 15) is 18.0 Å². The van der Waals surface area contributed by atoms with E-state index >= 15 is 0 Å². The van der Waals surface area contributed by atoms with Crippen LogP contribution in [-0.2, 0) is 6.18 Å². The predicted octanol–water partition coefficient (Wildman–Crippen LogP) is 5.11. The summed E-state index contributed by atoms with van der Waals surface area (Å²) in [6.45, 7) is 3.89. The Kier molecular flexibility index (Phi) is 5.30. The van der Waals surface area contributed by atoms with Crippen molar-refractivity contribution < 1.29 is 18.0 Å². The average molecular weight is 386 g/mol. The summed E-state index contributed by atoms with van der Waals surface area (Å²) in [5.74, 6) is -0.448. The summed E-state index contributed by atoms with van der Waals surface area (Å²) in [6, 6.07) is 10.6. The minimum Gasteiger partial charge on any atom is -0.324 e. The monoisotopic (exact) mass is 386 g/mol. The fourth-order valence-electron chi connectivity index (χ4n) is 2.53. The van der Waals surface area contributed by atoms with Crippen LogP contribution in [0.25, 0.3) is 0 Å². The smallest absolute Gasteiger partial charge is 0.324 e. The topological polar surface area (TPSA) is 66.9 Å². The van der Waals surface area contributed by atoms with Gasteiger partial charge in [0.15, 0.2) is 0 Å². The van der Waals surface area contributed by atoms with Gasteiger partial charge < -0.3 is 10.6 Å². The Morgan fingerprint density at radius 3 is 2.32 bits per heavy atom. The van der Waals surface area contributed by atoms with Gasteiger partial charge in [-0.2, -0.15) is 13.2 Å². The van der Waals surface area contributed by atoms with Crippen LogP contribution < -0.4 is 10.6 Å². The lowest BCUT2D eigenvalue weighted by Crippen LogP contribution is -2.17. The molecular weight excluding hydrogens is 369 g/mol. The summed E-state index contributed by atoms with van der Waals surface area (Å²) < 4.78 is 39.1. The highest BCUT2D eigenvalue weighted by molar-refractivity contribution is 6.04. The molecule has 144 valence electrons. The minimum atomic E-state index is -4.57. The number of rotatable bonds is 4.